The van der Waals surface area contributed by atoms with Gasteiger partial charge in [0, 0.05) is 0 Å². The lowest BCUT2D eigenvalue weighted by molar-refractivity contribution is -0.224. The van der Waals surface area contributed by atoms with Gasteiger partial charge in [0.05, 0.1) is 24.8 Å². The molecule has 2 fully saturated rings. The molecular weight excluding hydrogens is 462 g/mol. The number of carbonyl (C=O) groups excluding carboxylic acids is 2. The van der Waals surface area contributed by atoms with Gasteiger partial charge in [-0.2, -0.15) is 8.42 Å². The van der Waals surface area contributed by atoms with Crippen molar-refractivity contribution in [3.05, 3.63) is 11.1 Å². The summed E-state index contributed by atoms with van der Waals surface area (Å²) in [5.41, 5.74) is -2.02. The topological polar surface area (TPSA) is 136 Å². The smallest absolute Gasteiger partial charge is 0.396 e. The molecule has 0 aromatic carbocycles. The molecule has 0 saturated carbocycles. The minimum Gasteiger partial charge on any atom is -0.462 e. The van der Waals surface area contributed by atoms with E-state index in [4.69, 9.17) is 22.8 Å². The molecule has 3 rings (SSSR count). The normalized spacial score (nSPS) is 33.1. The SMILES string of the molecule is COC(=O)C(=O)NC1=CS(=O)(=O)O[C@@]12[C@@H](CO[Si](C)(C)C(C)(C)C)O[C@@H]1OC(C)(C)O[C@@H]12. The molecule has 0 bridgehead atoms. The standard InChI is InChI=1S/C19H31NO10SSi/c1-17(2,3)32(7,8)26-9-12-19(13-16(27-12)29-18(4,5)28-13)11(10-31(23,24)30-19)20-14(21)15(22)25-6/h10,12-13,16H,9H2,1-8H3,(H,20,21)/t12-,13+,16-,19-/m1/s1. The van der Waals surface area contributed by atoms with Crippen LogP contribution in [0.15, 0.2) is 11.1 Å². The van der Waals surface area contributed by atoms with Crippen LogP contribution in [0.5, 0.6) is 0 Å². The maximum Gasteiger partial charge on any atom is 0.396 e. The number of fused-ring (bicyclic) bond motifs is 2. The van der Waals surface area contributed by atoms with Crippen LogP contribution in [0.3, 0.4) is 0 Å². The van der Waals surface area contributed by atoms with Crippen LogP contribution in [0.1, 0.15) is 34.6 Å². The lowest BCUT2D eigenvalue weighted by Crippen LogP contribution is -2.57. The fourth-order valence-electron chi connectivity index (χ4n) is 3.55. The molecule has 0 unspecified atom stereocenters. The monoisotopic (exact) mass is 493 g/mol. The summed E-state index contributed by atoms with van der Waals surface area (Å²) in [6.45, 7) is 13.5. The number of hydrogen-bond donors (Lipinski definition) is 1. The van der Waals surface area contributed by atoms with Gasteiger partial charge in [-0.15, -0.1) is 0 Å². The number of esters is 1. The Hall–Kier alpha value is -1.35. The molecule has 32 heavy (non-hydrogen) atoms. The van der Waals surface area contributed by atoms with Crippen LogP contribution < -0.4 is 5.32 Å². The number of rotatable bonds is 4. The lowest BCUT2D eigenvalue weighted by atomic mass is 9.89. The number of methoxy groups -OCH3 is 1. The largest absolute Gasteiger partial charge is 0.462 e. The summed E-state index contributed by atoms with van der Waals surface area (Å²) in [4.78, 5) is 23.9. The van der Waals surface area contributed by atoms with Gasteiger partial charge < -0.3 is 28.7 Å². The molecule has 2 saturated heterocycles. The van der Waals surface area contributed by atoms with Crippen molar-refractivity contribution in [2.24, 2.45) is 0 Å². The number of hydrogen-bond acceptors (Lipinski definition) is 10. The second-order valence-corrected chi connectivity index (χ2v) is 16.2. The first-order chi connectivity index (χ1) is 14.4. The fourth-order valence-corrected chi connectivity index (χ4v) is 5.81. The maximum atomic E-state index is 12.5. The Balaban J connectivity index is 2.00. The van der Waals surface area contributed by atoms with E-state index < -0.39 is 60.2 Å². The van der Waals surface area contributed by atoms with Gasteiger partial charge in [-0.25, -0.2) is 8.98 Å². The third-order valence-corrected chi connectivity index (χ3v) is 11.7. The minimum atomic E-state index is -4.25. The Morgan fingerprint density at radius 3 is 2.41 bits per heavy atom. The van der Waals surface area contributed by atoms with Gasteiger partial charge in [-0.1, -0.05) is 20.8 Å². The van der Waals surface area contributed by atoms with E-state index in [1.54, 1.807) is 13.8 Å². The van der Waals surface area contributed by atoms with Gasteiger partial charge in [0.25, 0.3) is 10.1 Å². The summed E-state index contributed by atoms with van der Waals surface area (Å²) in [5, 5.41) is 2.92. The van der Waals surface area contributed by atoms with Crippen molar-refractivity contribution in [1.29, 1.82) is 0 Å². The van der Waals surface area contributed by atoms with Gasteiger partial charge >= 0.3 is 11.9 Å². The Morgan fingerprint density at radius 1 is 1.22 bits per heavy atom. The number of ether oxygens (including phenoxy) is 4. The first-order valence-electron chi connectivity index (χ1n) is 10.2. The van der Waals surface area contributed by atoms with E-state index in [1.165, 1.54) is 0 Å². The van der Waals surface area contributed by atoms with E-state index >= 15 is 0 Å². The molecule has 3 heterocycles. The Kier molecular flexibility index (Phi) is 6.21. The second-order valence-electron chi connectivity index (χ2n) is 9.97. The van der Waals surface area contributed by atoms with E-state index in [-0.39, 0.29) is 17.3 Å². The van der Waals surface area contributed by atoms with E-state index in [2.05, 4.69) is 30.8 Å². The quantitative estimate of drug-likeness (QED) is 0.262. The zero-order chi connectivity index (χ0) is 24.3. The predicted molar refractivity (Wildman–Crippen MR) is 113 cm³/mol. The number of carbonyl (C=O) groups is 2. The molecule has 0 aliphatic carbocycles. The highest BCUT2D eigenvalue weighted by atomic mass is 32.2. The second kappa shape index (κ2) is 7.86. The molecule has 1 N–H and O–H groups in total. The van der Waals surface area contributed by atoms with E-state index in [0.29, 0.717) is 0 Å². The highest BCUT2D eigenvalue weighted by Gasteiger charge is 2.70. The lowest BCUT2D eigenvalue weighted by Gasteiger charge is -2.39. The van der Waals surface area contributed by atoms with Crippen LogP contribution in [-0.2, 0) is 47.3 Å². The number of amides is 1. The third kappa shape index (κ3) is 4.39. The van der Waals surface area contributed by atoms with Crippen LogP contribution in [0.25, 0.3) is 0 Å². The average Bonchev–Trinajstić information content (AvgIpc) is 3.18. The van der Waals surface area contributed by atoms with Crippen LogP contribution in [0.2, 0.25) is 18.1 Å². The van der Waals surface area contributed by atoms with E-state index in [1.807, 2.05) is 13.1 Å². The summed E-state index contributed by atoms with van der Waals surface area (Å²) in [6, 6.07) is 0. The highest BCUT2D eigenvalue weighted by Crippen LogP contribution is 2.51. The molecule has 0 aromatic heterocycles. The van der Waals surface area contributed by atoms with Crippen LogP contribution in [0, 0.1) is 0 Å². The van der Waals surface area contributed by atoms with Crippen molar-refractivity contribution >= 4 is 30.3 Å². The summed E-state index contributed by atoms with van der Waals surface area (Å²) in [6.07, 6.45) is -3.04. The Morgan fingerprint density at radius 2 is 1.84 bits per heavy atom. The molecule has 3 aliphatic rings. The summed E-state index contributed by atoms with van der Waals surface area (Å²) < 4.78 is 59.0. The van der Waals surface area contributed by atoms with Crippen molar-refractivity contribution in [1.82, 2.24) is 5.32 Å². The van der Waals surface area contributed by atoms with Gasteiger partial charge in [-0.05, 0) is 32.0 Å². The van der Waals surface area contributed by atoms with E-state index in [0.717, 1.165) is 12.5 Å². The zero-order valence-electron chi connectivity index (χ0n) is 19.5. The Bertz CT molecular complexity index is 938. The summed E-state index contributed by atoms with van der Waals surface area (Å²) in [7, 11) is -5.47. The Labute approximate surface area is 188 Å². The van der Waals surface area contributed by atoms with Crippen molar-refractivity contribution in [3.8, 4) is 0 Å². The van der Waals surface area contributed by atoms with Gasteiger partial charge in [0.2, 0.25) is 0 Å². The molecule has 0 radical (unpaired) electrons. The molecule has 4 atom stereocenters. The molecule has 0 aromatic rings. The summed E-state index contributed by atoms with van der Waals surface area (Å²) >= 11 is 0. The molecule has 11 nitrogen and oxygen atoms in total. The molecule has 1 amide bonds. The fraction of sp³-hybridized carbons (Fsp3) is 0.789. The third-order valence-electron chi connectivity index (χ3n) is 6.22. The van der Waals surface area contributed by atoms with Crippen molar-refractivity contribution in [2.45, 2.75) is 82.6 Å². The minimum absolute atomic E-state index is 0.0441. The molecule has 1 spiro atoms. The number of nitrogens with one attached hydrogen (secondary N) is 1. The highest BCUT2D eigenvalue weighted by molar-refractivity contribution is 7.90. The zero-order valence-corrected chi connectivity index (χ0v) is 21.3. The first-order valence-corrected chi connectivity index (χ1v) is 14.5. The predicted octanol–water partition coefficient (Wildman–Crippen LogP) is 1.11. The summed E-state index contributed by atoms with van der Waals surface area (Å²) in [5.74, 6) is -3.45. The van der Waals surface area contributed by atoms with Gasteiger partial charge in [0.15, 0.2) is 32.1 Å². The van der Waals surface area contributed by atoms with Gasteiger partial charge in [0.1, 0.15) is 6.10 Å². The molecule has 182 valence electrons. The van der Waals surface area contributed by atoms with Crippen LogP contribution in [0.4, 0.5) is 0 Å². The first kappa shape index (κ1) is 25.3. The van der Waals surface area contributed by atoms with Crippen LogP contribution in [-0.4, -0.2) is 72.2 Å². The van der Waals surface area contributed by atoms with Crippen molar-refractivity contribution in [2.75, 3.05) is 13.7 Å². The van der Waals surface area contributed by atoms with Crippen LogP contribution >= 0.6 is 0 Å². The maximum absolute atomic E-state index is 12.5. The van der Waals surface area contributed by atoms with Crippen molar-refractivity contribution < 1.29 is 45.6 Å². The molecular formula is C19H31NO10SSi. The van der Waals surface area contributed by atoms with Crippen molar-refractivity contribution in [3.63, 3.8) is 0 Å². The molecule has 13 heteroatoms. The van der Waals surface area contributed by atoms with Gasteiger partial charge in [-0.3, -0.25) is 4.79 Å². The van der Waals surface area contributed by atoms with E-state index in [9.17, 15) is 18.0 Å². The average molecular weight is 494 g/mol. The molecule has 3 aliphatic heterocycles.